The van der Waals surface area contributed by atoms with E-state index in [9.17, 15) is 0 Å². The van der Waals surface area contributed by atoms with Crippen molar-refractivity contribution in [2.45, 2.75) is 89.9 Å². The van der Waals surface area contributed by atoms with Gasteiger partial charge in [0.2, 0.25) is 0 Å². The quantitative estimate of drug-likeness (QED) is 0.154. The third kappa shape index (κ3) is 6.28. The summed E-state index contributed by atoms with van der Waals surface area (Å²) >= 11 is 7.34. The van der Waals surface area contributed by atoms with Gasteiger partial charge in [0, 0.05) is 43.1 Å². The molecule has 7 aromatic carbocycles. The molecule has 4 heteroatoms. The van der Waals surface area contributed by atoms with Crippen molar-refractivity contribution < 1.29 is 0 Å². The Hall–Kier alpha value is -4.38. The first-order valence-electron chi connectivity index (χ1n) is 19.9. The lowest BCUT2D eigenvalue weighted by molar-refractivity contribution is 0.402. The number of fused-ring (bicyclic) bond motifs is 5. The van der Waals surface area contributed by atoms with Crippen LogP contribution in [-0.2, 0) is 21.7 Å². The molecule has 2 aliphatic carbocycles. The number of anilines is 6. The molecule has 0 unspecified atom stereocenters. The Morgan fingerprint density at radius 2 is 0.643 bits per heavy atom. The van der Waals surface area contributed by atoms with Crippen LogP contribution in [0.4, 0.5) is 34.1 Å². The van der Waals surface area contributed by atoms with Crippen LogP contribution in [0.5, 0.6) is 0 Å². The van der Waals surface area contributed by atoms with Crippen LogP contribution >= 0.6 is 31.9 Å². The second-order valence-corrected chi connectivity index (χ2v) is 20.7. The number of hydrogen-bond acceptors (Lipinski definition) is 2. The Morgan fingerprint density at radius 3 is 1.02 bits per heavy atom. The molecule has 56 heavy (non-hydrogen) atoms. The van der Waals surface area contributed by atoms with Crippen LogP contribution < -0.4 is 9.80 Å². The Labute approximate surface area is 349 Å². The van der Waals surface area contributed by atoms with E-state index < -0.39 is 0 Å². The monoisotopic (exact) mass is 860 g/mol. The fraction of sp³-hybridized carbons (Fsp3) is 0.269. The highest BCUT2D eigenvalue weighted by Gasteiger charge is 2.43. The number of halogens is 2. The molecule has 2 aliphatic rings. The molecule has 0 aromatic heterocycles. The Morgan fingerprint density at radius 1 is 0.339 bits per heavy atom. The number of nitrogens with zero attached hydrogens (tertiary/aromatic N) is 2. The first-order valence-corrected chi connectivity index (χ1v) is 21.5. The van der Waals surface area contributed by atoms with Crippen molar-refractivity contribution in [2.24, 2.45) is 0 Å². The highest BCUT2D eigenvalue weighted by Crippen LogP contribution is 2.53. The minimum atomic E-state index is 0.113. The molecule has 0 fully saturated rings. The van der Waals surface area contributed by atoms with E-state index in [0.717, 1.165) is 44.5 Å². The molecule has 7 aromatic rings. The molecule has 0 atom stereocenters. The maximum Gasteiger partial charge on any atom is 0.0468 e. The molecule has 0 aliphatic heterocycles. The molecular formula is C52H50Br2N2. The second-order valence-electron chi connectivity index (χ2n) is 18.8. The first kappa shape index (κ1) is 37.2. The molecule has 0 bridgehead atoms. The highest BCUT2D eigenvalue weighted by atomic mass is 79.9. The molecule has 0 heterocycles. The maximum absolute atomic E-state index is 3.67. The van der Waals surface area contributed by atoms with Crippen molar-refractivity contribution >= 4 is 87.5 Å². The smallest absolute Gasteiger partial charge is 0.0468 e. The predicted molar refractivity (Wildman–Crippen MR) is 248 cm³/mol. The zero-order chi connectivity index (χ0) is 39.4. The first-order chi connectivity index (χ1) is 26.5. The Kier molecular flexibility index (Phi) is 8.69. The predicted octanol–water partition coefficient (Wildman–Crippen LogP) is 16.4. The van der Waals surface area contributed by atoms with E-state index in [1.165, 1.54) is 55.2 Å². The lowest BCUT2D eigenvalue weighted by Crippen LogP contribution is -2.18. The van der Waals surface area contributed by atoms with Gasteiger partial charge < -0.3 is 9.80 Å². The molecule has 9 rings (SSSR count). The van der Waals surface area contributed by atoms with Crippen LogP contribution in [0.15, 0.2) is 142 Å². The minimum absolute atomic E-state index is 0.113. The van der Waals surface area contributed by atoms with Gasteiger partial charge in [0.1, 0.15) is 0 Å². The molecular weight excluding hydrogens is 812 g/mol. The average molecular weight is 863 g/mol. The van der Waals surface area contributed by atoms with E-state index >= 15 is 0 Å². The normalized spacial score (nSPS) is 17.2. The van der Waals surface area contributed by atoms with Crippen molar-refractivity contribution in [3.63, 3.8) is 0 Å². The second kappa shape index (κ2) is 13.1. The third-order valence-corrected chi connectivity index (χ3v) is 13.8. The summed E-state index contributed by atoms with van der Waals surface area (Å²) < 4.78 is 2.15. The van der Waals surface area contributed by atoms with Gasteiger partial charge in [-0.05, 0) is 175 Å². The van der Waals surface area contributed by atoms with Gasteiger partial charge in [-0.2, -0.15) is 0 Å². The standard InChI is InChI=1S/C52H50Br2N2/c1-49(2)31-51(5,6)47-29-41(21-25-45(47)49)55(37-15-11-35(53)12-16-37)39-19-23-43-33(27-39)9-10-34-28-40(20-24-44(34)43)56(38-17-13-36(54)14-18-38)42-22-26-46-48(30-42)52(7,8)32-50(46,3)4/h9-30H,31-32H2,1-8H3. The van der Waals surface area contributed by atoms with Gasteiger partial charge >= 0.3 is 0 Å². The molecule has 0 spiro atoms. The lowest BCUT2D eigenvalue weighted by atomic mass is 9.82. The molecule has 0 radical (unpaired) electrons. The maximum atomic E-state index is 3.67. The van der Waals surface area contributed by atoms with E-state index in [2.05, 4.69) is 231 Å². The van der Waals surface area contributed by atoms with Crippen molar-refractivity contribution in [2.75, 3.05) is 9.80 Å². The van der Waals surface area contributed by atoms with E-state index in [-0.39, 0.29) is 21.7 Å². The summed E-state index contributed by atoms with van der Waals surface area (Å²) in [6.07, 6.45) is 2.29. The topological polar surface area (TPSA) is 6.48 Å². The van der Waals surface area contributed by atoms with Crippen LogP contribution in [0.3, 0.4) is 0 Å². The fourth-order valence-electron chi connectivity index (χ4n) is 10.6. The van der Waals surface area contributed by atoms with Crippen molar-refractivity contribution in [1.82, 2.24) is 0 Å². The molecule has 282 valence electrons. The van der Waals surface area contributed by atoms with Crippen LogP contribution in [0.25, 0.3) is 21.5 Å². The fourth-order valence-corrected chi connectivity index (χ4v) is 11.2. The van der Waals surface area contributed by atoms with Crippen molar-refractivity contribution in [1.29, 1.82) is 0 Å². The zero-order valence-electron chi connectivity index (χ0n) is 33.8. The molecule has 0 saturated carbocycles. The van der Waals surface area contributed by atoms with E-state index in [0.29, 0.717) is 0 Å². The van der Waals surface area contributed by atoms with Gasteiger partial charge in [-0.3, -0.25) is 0 Å². The molecule has 0 amide bonds. The number of rotatable bonds is 6. The average Bonchev–Trinajstić information content (AvgIpc) is 3.47. The lowest BCUT2D eigenvalue weighted by Gasteiger charge is -2.28. The summed E-state index contributed by atoms with van der Waals surface area (Å²) in [4.78, 5) is 4.83. The zero-order valence-corrected chi connectivity index (χ0v) is 36.9. The van der Waals surface area contributed by atoms with Gasteiger partial charge in [0.15, 0.2) is 0 Å². The van der Waals surface area contributed by atoms with Gasteiger partial charge in [0.05, 0.1) is 0 Å². The number of hydrogen-bond donors (Lipinski definition) is 0. The third-order valence-electron chi connectivity index (χ3n) is 12.7. The van der Waals surface area contributed by atoms with Gasteiger partial charge in [-0.25, -0.2) is 0 Å². The highest BCUT2D eigenvalue weighted by molar-refractivity contribution is 9.10. The molecule has 2 nitrogen and oxygen atoms in total. The van der Waals surface area contributed by atoms with Crippen LogP contribution in [-0.4, -0.2) is 0 Å². The summed E-state index contributed by atoms with van der Waals surface area (Å²) in [5.41, 5.74) is 13.3. The summed E-state index contributed by atoms with van der Waals surface area (Å²) in [5, 5.41) is 4.95. The molecule has 0 N–H and O–H groups in total. The van der Waals surface area contributed by atoms with E-state index in [4.69, 9.17) is 0 Å². The minimum Gasteiger partial charge on any atom is -0.310 e. The largest absolute Gasteiger partial charge is 0.310 e. The summed E-state index contributed by atoms with van der Waals surface area (Å²) in [5.74, 6) is 0. The molecule has 0 saturated heterocycles. The Balaban J connectivity index is 1.14. The van der Waals surface area contributed by atoms with E-state index in [1.807, 2.05) is 0 Å². The van der Waals surface area contributed by atoms with Crippen molar-refractivity contribution in [3.8, 4) is 0 Å². The SMILES string of the molecule is CC1(C)CC(C)(C)c2cc(N(c3ccc(Br)cc3)c3ccc4c(ccc5cc(N(c6ccc(Br)cc6)c6ccc7c(c6)C(C)(C)CC7(C)C)ccc54)c3)ccc21. The summed E-state index contributed by atoms with van der Waals surface area (Å²) in [6.45, 7) is 19.1. The van der Waals surface area contributed by atoms with Crippen LogP contribution in [0.1, 0.15) is 90.5 Å². The van der Waals surface area contributed by atoms with Crippen LogP contribution in [0.2, 0.25) is 0 Å². The van der Waals surface area contributed by atoms with E-state index in [1.54, 1.807) is 0 Å². The van der Waals surface area contributed by atoms with Gasteiger partial charge in [-0.15, -0.1) is 0 Å². The number of benzene rings is 7. The van der Waals surface area contributed by atoms with Gasteiger partial charge in [0.25, 0.3) is 0 Å². The van der Waals surface area contributed by atoms with Gasteiger partial charge in [-0.1, -0.05) is 124 Å². The van der Waals surface area contributed by atoms with Crippen LogP contribution in [0, 0.1) is 0 Å². The summed E-state index contributed by atoms with van der Waals surface area (Å²) in [6, 6.07) is 50.2. The summed E-state index contributed by atoms with van der Waals surface area (Å²) in [7, 11) is 0. The Bertz CT molecular complexity index is 2480. The van der Waals surface area contributed by atoms with Crippen molar-refractivity contribution in [3.05, 3.63) is 165 Å².